The quantitative estimate of drug-likeness (QED) is 0.601. The summed E-state index contributed by atoms with van der Waals surface area (Å²) in [6.07, 6.45) is 7.14. The van der Waals surface area contributed by atoms with E-state index in [2.05, 4.69) is 34.6 Å². The maximum atomic E-state index is 2.45. The average Bonchev–Trinajstić information content (AvgIpc) is 2.46. The Morgan fingerprint density at radius 3 is 2.29 bits per heavy atom. The van der Waals surface area contributed by atoms with Crippen LogP contribution in [0.5, 0.6) is 0 Å². The Balaban J connectivity index is 2.52. The van der Waals surface area contributed by atoms with Crippen molar-refractivity contribution in [2.75, 3.05) is 0 Å². The van der Waals surface area contributed by atoms with Crippen molar-refractivity contribution in [3.63, 3.8) is 0 Å². The fourth-order valence-electron chi connectivity index (χ4n) is 3.21. The van der Waals surface area contributed by atoms with Crippen LogP contribution in [0.1, 0.15) is 66.7 Å². The molecule has 0 bridgehead atoms. The first-order chi connectivity index (χ1) is 6.50. The Morgan fingerprint density at radius 1 is 1.14 bits per heavy atom. The Hall–Kier alpha value is 0. The molecule has 1 aliphatic rings. The van der Waals surface area contributed by atoms with Gasteiger partial charge in [-0.1, -0.05) is 53.9 Å². The largest absolute Gasteiger partial charge is 0.0651 e. The van der Waals surface area contributed by atoms with Crippen molar-refractivity contribution in [2.24, 2.45) is 23.2 Å². The molecule has 84 valence electrons. The lowest BCUT2D eigenvalue weighted by Crippen LogP contribution is -2.20. The molecule has 3 atom stereocenters. The van der Waals surface area contributed by atoms with Crippen LogP contribution in [-0.2, 0) is 0 Å². The van der Waals surface area contributed by atoms with Crippen LogP contribution in [0.25, 0.3) is 0 Å². The molecule has 1 fully saturated rings. The Kier molecular flexibility index (Phi) is 4.04. The van der Waals surface area contributed by atoms with E-state index in [4.69, 9.17) is 0 Å². The van der Waals surface area contributed by atoms with Gasteiger partial charge in [-0.05, 0) is 36.0 Å². The normalized spacial score (nSPS) is 33.6. The zero-order valence-corrected chi connectivity index (χ0v) is 10.8. The van der Waals surface area contributed by atoms with E-state index in [9.17, 15) is 0 Å². The third-order valence-electron chi connectivity index (χ3n) is 4.57. The molecule has 0 aliphatic heterocycles. The highest BCUT2D eigenvalue weighted by Crippen LogP contribution is 2.45. The topological polar surface area (TPSA) is 0 Å². The van der Waals surface area contributed by atoms with Gasteiger partial charge in [0.2, 0.25) is 0 Å². The molecule has 0 nitrogen and oxygen atoms in total. The van der Waals surface area contributed by atoms with E-state index in [1.165, 1.54) is 32.1 Å². The Bertz CT molecular complexity index is 169. The SMILES string of the molecule is CCC1C(C)CCC1CC(C)(C)CC. The van der Waals surface area contributed by atoms with Gasteiger partial charge in [0.15, 0.2) is 0 Å². The number of hydrogen-bond acceptors (Lipinski definition) is 0. The van der Waals surface area contributed by atoms with Crippen molar-refractivity contribution in [3.05, 3.63) is 0 Å². The van der Waals surface area contributed by atoms with Crippen molar-refractivity contribution >= 4 is 0 Å². The third-order valence-corrected chi connectivity index (χ3v) is 4.57. The molecule has 1 saturated carbocycles. The highest BCUT2D eigenvalue weighted by atomic mass is 14.4. The van der Waals surface area contributed by atoms with E-state index in [1.807, 2.05) is 0 Å². The van der Waals surface area contributed by atoms with E-state index in [-0.39, 0.29) is 0 Å². The van der Waals surface area contributed by atoms with Gasteiger partial charge in [0.25, 0.3) is 0 Å². The summed E-state index contributed by atoms with van der Waals surface area (Å²) in [7, 11) is 0. The molecule has 0 aromatic heterocycles. The van der Waals surface area contributed by atoms with Crippen LogP contribution in [0.4, 0.5) is 0 Å². The lowest BCUT2D eigenvalue weighted by atomic mass is 9.75. The fraction of sp³-hybridized carbons (Fsp3) is 1.00. The lowest BCUT2D eigenvalue weighted by Gasteiger charge is -2.30. The van der Waals surface area contributed by atoms with E-state index < -0.39 is 0 Å². The highest BCUT2D eigenvalue weighted by molar-refractivity contribution is 4.85. The van der Waals surface area contributed by atoms with Crippen LogP contribution >= 0.6 is 0 Å². The molecular weight excluding hydrogens is 168 g/mol. The van der Waals surface area contributed by atoms with Crippen LogP contribution in [0.2, 0.25) is 0 Å². The summed E-state index contributed by atoms with van der Waals surface area (Å²) in [4.78, 5) is 0. The fourth-order valence-corrected chi connectivity index (χ4v) is 3.21. The Morgan fingerprint density at radius 2 is 1.79 bits per heavy atom. The standard InChI is InChI=1S/C14H28/c1-6-13-11(3)8-9-12(13)10-14(4,5)7-2/h11-13H,6-10H2,1-5H3. The van der Waals surface area contributed by atoms with Crippen molar-refractivity contribution < 1.29 is 0 Å². The van der Waals surface area contributed by atoms with Gasteiger partial charge in [-0.2, -0.15) is 0 Å². The van der Waals surface area contributed by atoms with E-state index >= 15 is 0 Å². The molecule has 0 aromatic rings. The van der Waals surface area contributed by atoms with Gasteiger partial charge in [-0.15, -0.1) is 0 Å². The van der Waals surface area contributed by atoms with Crippen LogP contribution in [-0.4, -0.2) is 0 Å². The predicted molar refractivity (Wildman–Crippen MR) is 64.4 cm³/mol. The minimum atomic E-state index is 0.572. The van der Waals surface area contributed by atoms with Crippen LogP contribution in [0.3, 0.4) is 0 Å². The first-order valence-electron chi connectivity index (χ1n) is 6.50. The second-order valence-corrected chi connectivity index (χ2v) is 6.11. The van der Waals surface area contributed by atoms with Crippen LogP contribution < -0.4 is 0 Å². The zero-order valence-electron chi connectivity index (χ0n) is 10.8. The van der Waals surface area contributed by atoms with Gasteiger partial charge in [0.05, 0.1) is 0 Å². The minimum Gasteiger partial charge on any atom is -0.0651 e. The zero-order chi connectivity index (χ0) is 10.8. The summed E-state index contributed by atoms with van der Waals surface area (Å²) in [6, 6.07) is 0. The van der Waals surface area contributed by atoms with Gasteiger partial charge < -0.3 is 0 Å². The molecule has 0 aromatic carbocycles. The molecule has 0 amide bonds. The number of rotatable bonds is 4. The predicted octanol–water partition coefficient (Wildman–Crippen LogP) is 4.89. The molecule has 0 saturated heterocycles. The molecule has 0 heterocycles. The lowest BCUT2D eigenvalue weighted by molar-refractivity contribution is 0.203. The van der Waals surface area contributed by atoms with Crippen molar-refractivity contribution in [1.82, 2.24) is 0 Å². The average molecular weight is 196 g/mol. The summed E-state index contributed by atoms with van der Waals surface area (Å²) < 4.78 is 0. The summed E-state index contributed by atoms with van der Waals surface area (Å²) in [6.45, 7) is 12.0. The molecule has 0 radical (unpaired) electrons. The van der Waals surface area contributed by atoms with Crippen LogP contribution in [0.15, 0.2) is 0 Å². The molecule has 0 N–H and O–H groups in total. The molecule has 0 spiro atoms. The highest BCUT2D eigenvalue weighted by Gasteiger charge is 2.34. The third kappa shape index (κ3) is 2.74. The smallest absolute Gasteiger partial charge is 0.0354 e. The number of hydrogen-bond donors (Lipinski definition) is 0. The van der Waals surface area contributed by atoms with Crippen LogP contribution in [0, 0.1) is 23.2 Å². The molecular formula is C14H28. The van der Waals surface area contributed by atoms with Gasteiger partial charge in [0, 0.05) is 0 Å². The Labute approximate surface area is 90.5 Å². The molecule has 1 rings (SSSR count). The summed E-state index contributed by atoms with van der Waals surface area (Å²) in [5.41, 5.74) is 0.572. The van der Waals surface area contributed by atoms with E-state index in [0.29, 0.717) is 5.41 Å². The summed E-state index contributed by atoms with van der Waals surface area (Å²) in [5, 5.41) is 0. The molecule has 3 unspecified atom stereocenters. The van der Waals surface area contributed by atoms with E-state index in [0.717, 1.165) is 17.8 Å². The van der Waals surface area contributed by atoms with Crippen molar-refractivity contribution in [1.29, 1.82) is 0 Å². The maximum absolute atomic E-state index is 2.45. The van der Waals surface area contributed by atoms with Gasteiger partial charge in [0.1, 0.15) is 0 Å². The second-order valence-electron chi connectivity index (χ2n) is 6.11. The molecule has 1 aliphatic carbocycles. The molecule has 0 heteroatoms. The minimum absolute atomic E-state index is 0.572. The van der Waals surface area contributed by atoms with Gasteiger partial charge >= 0.3 is 0 Å². The first kappa shape index (κ1) is 12.1. The monoisotopic (exact) mass is 196 g/mol. The molecule has 14 heavy (non-hydrogen) atoms. The van der Waals surface area contributed by atoms with Crippen molar-refractivity contribution in [3.8, 4) is 0 Å². The van der Waals surface area contributed by atoms with Gasteiger partial charge in [-0.25, -0.2) is 0 Å². The van der Waals surface area contributed by atoms with E-state index in [1.54, 1.807) is 0 Å². The first-order valence-corrected chi connectivity index (χ1v) is 6.50. The van der Waals surface area contributed by atoms with Crippen molar-refractivity contribution in [2.45, 2.75) is 66.7 Å². The maximum Gasteiger partial charge on any atom is -0.0354 e. The summed E-state index contributed by atoms with van der Waals surface area (Å²) in [5.74, 6) is 3.02. The summed E-state index contributed by atoms with van der Waals surface area (Å²) >= 11 is 0. The second kappa shape index (κ2) is 4.68. The van der Waals surface area contributed by atoms with Gasteiger partial charge in [-0.3, -0.25) is 0 Å².